The number of benzene rings is 2. The molecule has 3 aromatic rings. The van der Waals surface area contributed by atoms with Crippen LogP contribution in [0.2, 0.25) is 0 Å². The van der Waals surface area contributed by atoms with Gasteiger partial charge >= 0.3 is 0 Å². The maximum absolute atomic E-state index is 12.3. The van der Waals surface area contributed by atoms with Gasteiger partial charge < -0.3 is 15.2 Å². The van der Waals surface area contributed by atoms with Gasteiger partial charge in [0.05, 0.1) is 0 Å². The number of aromatic nitrogens is 1. The van der Waals surface area contributed by atoms with Crippen LogP contribution in [0.5, 0.6) is 0 Å². The molecule has 26 heavy (non-hydrogen) atoms. The fourth-order valence-electron chi connectivity index (χ4n) is 2.62. The molecule has 5 nitrogen and oxygen atoms in total. The summed E-state index contributed by atoms with van der Waals surface area (Å²) >= 11 is 0. The number of amides is 1. The molecule has 0 radical (unpaired) electrons. The Labute approximate surface area is 152 Å². The number of carbonyl (C=O) groups excluding carboxylic acids is 1. The lowest BCUT2D eigenvalue weighted by Crippen LogP contribution is -2.19. The predicted octanol–water partition coefficient (Wildman–Crippen LogP) is 3.81. The Kier molecular flexibility index (Phi) is 5.17. The SMILES string of the molecule is C[C@H](Nc1ccc(NC(=O)c2ccn(C)c(=O)c2)cc1)c1ccccc1. The summed E-state index contributed by atoms with van der Waals surface area (Å²) < 4.78 is 1.42. The van der Waals surface area contributed by atoms with E-state index in [1.807, 2.05) is 42.5 Å². The van der Waals surface area contributed by atoms with Crippen LogP contribution in [0, 0.1) is 0 Å². The molecular formula is C21H21N3O2. The van der Waals surface area contributed by atoms with Gasteiger partial charge in [-0.25, -0.2) is 0 Å². The maximum atomic E-state index is 12.3. The van der Waals surface area contributed by atoms with Crippen LogP contribution in [0.1, 0.15) is 28.9 Å². The number of hydrogen-bond acceptors (Lipinski definition) is 3. The first-order valence-electron chi connectivity index (χ1n) is 8.42. The number of aryl methyl sites for hydroxylation is 1. The molecule has 0 saturated carbocycles. The fourth-order valence-corrected chi connectivity index (χ4v) is 2.62. The predicted molar refractivity (Wildman–Crippen MR) is 105 cm³/mol. The first-order valence-corrected chi connectivity index (χ1v) is 8.42. The van der Waals surface area contributed by atoms with Crippen molar-refractivity contribution < 1.29 is 4.79 Å². The Balaban J connectivity index is 1.65. The lowest BCUT2D eigenvalue weighted by Gasteiger charge is -2.16. The van der Waals surface area contributed by atoms with Crippen LogP contribution in [0.25, 0.3) is 0 Å². The van der Waals surface area contributed by atoms with Crippen molar-refractivity contribution in [3.05, 3.63) is 94.4 Å². The highest BCUT2D eigenvalue weighted by Gasteiger charge is 2.08. The molecule has 0 bridgehead atoms. The molecule has 0 aliphatic carbocycles. The molecule has 0 spiro atoms. The molecule has 1 heterocycles. The number of hydrogen-bond donors (Lipinski definition) is 2. The molecule has 0 saturated heterocycles. The molecule has 0 aliphatic heterocycles. The number of nitrogens with one attached hydrogen (secondary N) is 2. The van der Waals surface area contributed by atoms with Crippen molar-refractivity contribution in [3.63, 3.8) is 0 Å². The van der Waals surface area contributed by atoms with E-state index < -0.39 is 0 Å². The second kappa shape index (κ2) is 7.70. The molecule has 2 N–H and O–H groups in total. The van der Waals surface area contributed by atoms with Gasteiger partial charge in [0.1, 0.15) is 0 Å². The van der Waals surface area contributed by atoms with Crippen molar-refractivity contribution in [1.82, 2.24) is 4.57 Å². The van der Waals surface area contributed by atoms with Crippen LogP contribution in [-0.4, -0.2) is 10.5 Å². The molecular weight excluding hydrogens is 326 g/mol. The van der Waals surface area contributed by atoms with E-state index in [1.54, 1.807) is 19.3 Å². The first kappa shape index (κ1) is 17.5. The fraction of sp³-hybridized carbons (Fsp3) is 0.143. The van der Waals surface area contributed by atoms with Gasteiger partial charge in [0, 0.05) is 42.3 Å². The van der Waals surface area contributed by atoms with Gasteiger partial charge in [-0.1, -0.05) is 30.3 Å². The van der Waals surface area contributed by atoms with Crippen molar-refractivity contribution in [2.24, 2.45) is 7.05 Å². The van der Waals surface area contributed by atoms with Crippen molar-refractivity contribution in [1.29, 1.82) is 0 Å². The summed E-state index contributed by atoms with van der Waals surface area (Å²) in [5.74, 6) is -0.305. The number of anilines is 2. The summed E-state index contributed by atoms with van der Waals surface area (Å²) in [7, 11) is 1.65. The quantitative estimate of drug-likeness (QED) is 0.738. The van der Waals surface area contributed by atoms with Crippen molar-refractivity contribution in [2.75, 3.05) is 10.6 Å². The van der Waals surface area contributed by atoms with Crippen LogP contribution in [0.4, 0.5) is 11.4 Å². The Bertz CT molecular complexity index is 947. The molecule has 2 aromatic carbocycles. The van der Waals surface area contributed by atoms with Gasteiger partial charge in [0.2, 0.25) is 0 Å². The van der Waals surface area contributed by atoms with Crippen LogP contribution >= 0.6 is 0 Å². The molecule has 0 unspecified atom stereocenters. The monoisotopic (exact) mass is 347 g/mol. The van der Waals surface area contributed by atoms with Gasteiger partial charge in [-0.3, -0.25) is 9.59 Å². The second-order valence-electron chi connectivity index (χ2n) is 6.17. The highest BCUT2D eigenvalue weighted by molar-refractivity contribution is 6.04. The zero-order valence-corrected chi connectivity index (χ0v) is 14.8. The normalized spacial score (nSPS) is 11.6. The van der Waals surface area contributed by atoms with E-state index in [1.165, 1.54) is 16.2 Å². The zero-order valence-electron chi connectivity index (χ0n) is 14.8. The van der Waals surface area contributed by atoms with Crippen molar-refractivity contribution >= 4 is 17.3 Å². The molecule has 3 rings (SSSR count). The minimum absolute atomic E-state index is 0.178. The minimum atomic E-state index is -0.305. The average Bonchev–Trinajstić information content (AvgIpc) is 2.66. The smallest absolute Gasteiger partial charge is 0.255 e. The van der Waals surface area contributed by atoms with Crippen molar-refractivity contribution in [2.45, 2.75) is 13.0 Å². The summed E-state index contributed by atoms with van der Waals surface area (Å²) in [6.07, 6.45) is 1.58. The standard InChI is InChI=1S/C21H21N3O2/c1-15(16-6-4-3-5-7-16)22-18-8-10-19(11-9-18)23-21(26)17-12-13-24(2)20(25)14-17/h3-15,22H,1-2H3,(H,23,26)/t15-/m0/s1. The van der Waals surface area contributed by atoms with Gasteiger partial charge in [-0.2, -0.15) is 0 Å². The van der Waals surface area contributed by atoms with Crippen LogP contribution < -0.4 is 16.2 Å². The van der Waals surface area contributed by atoms with E-state index >= 15 is 0 Å². The zero-order chi connectivity index (χ0) is 18.5. The summed E-state index contributed by atoms with van der Waals surface area (Å²) in [4.78, 5) is 23.9. The number of rotatable bonds is 5. The van der Waals surface area contributed by atoms with Gasteiger partial charge in [0.25, 0.3) is 11.5 Å². The lowest BCUT2D eigenvalue weighted by molar-refractivity contribution is 0.102. The summed E-state index contributed by atoms with van der Waals surface area (Å²) in [5.41, 5.74) is 2.97. The van der Waals surface area contributed by atoms with Crippen LogP contribution in [0.3, 0.4) is 0 Å². The molecule has 0 fully saturated rings. The summed E-state index contributed by atoms with van der Waals surface area (Å²) in [6.45, 7) is 2.10. The molecule has 1 amide bonds. The molecule has 132 valence electrons. The van der Waals surface area contributed by atoms with Crippen molar-refractivity contribution in [3.8, 4) is 0 Å². The van der Waals surface area contributed by atoms with E-state index in [-0.39, 0.29) is 17.5 Å². The largest absolute Gasteiger partial charge is 0.379 e. The Hall–Kier alpha value is -3.34. The number of nitrogens with zero attached hydrogens (tertiary/aromatic N) is 1. The second-order valence-corrected chi connectivity index (χ2v) is 6.17. The van der Waals surface area contributed by atoms with Crippen LogP contribution in [-0.2, 0) is 7.05 Å². The van der Waals surface area contributed by atoms with E-state index in [9.17, 15) is 9.59 Å². The Morgan fingerprint density at radius 3 is 2.27 bits per heavy atom. The van der Waals surface area contributed by atoms with Gasteiger partial charge in [-0.05, 0) is 42.8 Å². The number of pyridine rings is 1. The molecule has 5 heteroatoms. The highest BCUT2D eigenvalue weighted by Crippen LogP contribution is 2.20. The van der Waals surface area contributed by atoms with Gasteiger partial charge in [0.15, 0.2) is 0 Å². The van der Waals surface area contributed by atoms with Crippen LogP contribution in [0.15, 0.2) is 77.7 Å². The van der Waals surface area contributed by atoms with E-state index in [2.05, 4.69) is 29.7 Å². The molecule has 1 aromatic heterocycles. The molecule has 0 aliphatic rings. The van der Waals surface area contributed by atoms with E-state index in [4.69, 9.17) is 0 Å². The highest BCUT2D eigenvalue weighted by atomic mass is 16.2. The number of carbonyl (C=O) groups is 1. The third-order valence-electron chi connectivity index (χ3n) is 4.19. The third kappa shape index (κ3) is 4.19. The maximum Gasteiger partial charge on any atom is 0.255 e. The molecule has 1 atom stereocenters. The van der Waals surface area contributed by atoms with E-state index in [0.29, 0.717) is 11.3 Å². The van der Waals surface area contributed by atoms with E-state index in [0.717, 1.165) is 5.69 Å². The minimum Gasteiger partial charge on any atom is -0.379 e. The van der Waals surface area contributed by atoms with Gasteiger partial charge in [-0.15, -0.1) is 0 Å². The third-order valence-corrected chi connectivity index (χ3v) is 4.19. The Morgan fingerprint density at radius 2 is 1.62 bits per heavy atom. The topological polar surface area (TPSA) is 63.1 Å². The Morgan fingerprint density at radius 1 is 0.962 bits per heavy atom. The average molecular weight is 347 g/mol. The summed E-state index contributed by atoms with van der Waals surface area (Å²) in [6, 6.07) is 20.8. The summed E-state index contributed by atoms with van der Waals surface area (Å²) in [5, 5.41) is 6.23. The lowest BCUT2D eigenvalue weighted by atomic mass is 10.1. The first-order chi connectivity index (χ1) is 12.5.